The fraction of sp³-hybridized carbons (Fsp3) is 0.945. The van der Waals surface area contributed by atoms with Crippen molar-refractivity contribution in [2.45, 2.75) is 327 Å². The van der Waals surface area contributed by atoms with Gasteiger partial charge >= 0.3 is 0 Å². The molecule has 4 N–H and O–H groups in total. The van der Waals surface area contributed by atoms with Crippen molar-refractivity contribution in [3.63, 3.8) is 0 Å². The van der Waals surface area contributed by atoms with Crippen LogP contribution in [0.3, 0.4) is 0 Å². The summed E-state index contributed by atoms with van der Waals surface area (Å²) in [7, 11) is 0. The first-order chi connectivity index (χ1) is 29.5. The first kappa shape index (κ1) is 59.1. The maximum Gasteiger partial charge on any atom is 0.222 e. The largest absolute Gasteiger partial charge is 0.394 e. The minimum Gasteiger partial charge on any atom is -0.394 e. The van der Waals surface area contributed by atoms with Crippen LogP contribution in [0, 0.1) is 0 Å². The average Bonchev–Trinajstić information content (AvgIpc) is 3.24. The summed E-state index contributed by atoms with van der Waals surface area (Å²) in [5, 5.41) is 33.6. The molecule has 0 heterocycles. The molecular weight excluding hydrogens is 739 g/mol. The zero-order chi connectivity index (χ0) is 43.7. The molecular formula is C55H109NO4. The highest BCUT2D eigenvalue weighted by Crippen LogP contribution is 2.18. The predicted octanol–water partition coefficient (Wildman–Crippen LogP) is 16.7. The van der Waals surface area contributed by atoms with Gasteiger partial charge in [0.05, 0.1) is 31.3 Å². The number of allylic oxidation sites excluding steroid dienone is 2. The number of rotatable bonds is 51. The van der Waals surface area contributed by atoms with E-state index < -0.39 is 18.2 Å². The SMILES string of the molecule is CCCCCCCCCCCCCC/C=C\CCCCCCCCCCCCCCCC(O)CC(=O)NC(CO)C(O)CCCCCCCCCCCCCCCCCC. The lowest BCUT2D eigenvalue weighted by molar-refractivity contribution is -0.125. The van der Waals surface area contributed by atoms with E-state index in [0.717, 1.165) is 25.7 Å². The molecule has 0 rings (SSSR count). The Hall–Kier alpha value is -0.910. The highest BCUT2D eigenvalue weighted by molar-refractivity contribution is 5.76. The number of aliphatic hydroxyl groups is 3. The lowest BCUT2D eigenvalue weighted by Crippen LogP contribution is -2.46. The van der Waals surface area contributed by atoms with Gasteiger partial charge in [0.15, 0.2) is 0 Å². The van der Waals surface area contributed by atoms with Crippen LogP contribution in [0.25, 0.3) is 0 Å². The fourth-order valence-electron chi connectivity index (χ4n) is 8.87. The fourth-order valence-corrected chi connectivity index (χ4v) is 8.87. The number of nitrogens with one attached hydrogen (secondary N) is 1. The van der Waals surface area contributed by atoms with Crippen LogP contribution in [-0.4, -0.2) is 46.1 Å². The molecule has 3 atom stereocenters. The normalized spacial score (nSPS) is 13.3. The van der Waals surface area contributed by atoms with Crippen molar-refractivity contribution in [3.8, 4) is 0 Å². The lowest BCUT2D eigenvalue weighted by atomic mass is 10.0. The summed E-state index contributed by atoms with van der Waals surface area (Å²) in [5.74, 6) is -0.278. The molecule has 60 heavy (non-hydrogen) atoms. The highest BCUT2D eigenvalue weighted by Gasteiger charge is 2.21. The van der Waals surface area contributed by atoms with Gasteiger partial charge in [-0.15, -0.1) is 0 Å². The molecule has 0 fully saturated rings. The van der Waals surface area contributed by atoms with E-state index >= 15 is 0 Å². The Morgan fingerprint density at radius 2 is 0.667 bits per heavy atom. The molecule has 5 nitrogen and oxygen atoms in total. The Balaban J connectivity index is 3.49. The Bertz CT molecular complexity index is 848. The summed E-state index contributed by atoms with van der Waals surface area (Å²) in [6.07, 6.45) is 62.2. The van der Waals surface area contributed by atoms with E-state index in [2.05, 4.69) is 31.3 Å². The lowest BCUT2D eigenvalue weighted by Gasteiger charge is -2.23. The van der Waals surface area contributed by atoms with E-state index in [0.29, 0.717) is 12.8 Å². The van der Waals surface area contributed by atoms with Gasteiger partial charge < -0.3 is 20.6 Å². The molecule has 0 radical (unpaired) electrons. The number of amides is 1. The third-order valence-electron chi connectivity index (χ3n) is 13.1. The monoisotopic (exact) mass is 848 g/mol. The smallest absolute Gasteiger partial charge is 0.222 e. The summed E-state index contributed by atoms with van der Waals surface area (Å²) in [5.41, 5.74) is 0. The van der Waals surface area contributed by atoms with Gasteiger partial charge in [0, 0.05) is 0 Å². The summed E-state index contributed by atoms with van der Waals surface area (Å²) in [4.78, 5) is 12.5. The van der Waals surface area contributed by atoms with E-state index in [4.69, 9.17) is 0 Å². The van der Waals surface area contributed by atoms with E-state index in [1.165, 1.54) is 250 Å². The van der Waals surface area contributed by atoms with Crippen LogP contribution in [0.4, 0.5) is 0 Å². The summed E-state index contributed by atoms with van der Waals surface area (Å²) < 4.78 is 0. The first-order valence-electron chi connectivity index (χ1n) is 27.5. The molecule has 358 valence electrons. The number of aliphatic hydroxyl groups excluding tert-OH is 3. The number of hydrogen-bond acceptors (Lipinski definition) is 4. The van der Waals surface area contributed by atoms with Crippen LogP contribution >= 0.6 is 0 Å². The van der Waals surface area contributed by atoms with Crippen molar-refractivity contribution in [3.05, 3.63) is 12.2 Å². The van der Waals surface area contributed by atoms with Crippen LogP contribution in [0.2, 0.25) is 0 Å². The van der Waals surface area contributed by atoms with Gasteiger partial charge in [-0.05, 0) is 38.5 Å². The average molecular weight is 848 g/mol. The molecule has 1 amide bonds. The predicted molar refractivity (Wildman–Crippen MR) is 264 cm³/mol. The van der Waals surface area contributed by atoms with E-state index in [-0.39, 0.29) is 18.9 Å². The molecule has 0 spiro atoms. The van der Waals surface area contributed by atoms with Crippen LogP contribution < -0.4 is 5.32 Å². The van der Waals surface area contributed by atoms with Crippen molar-refractivity contribution in [2.24, 2.45) is 0 Å². The van der Waals surface area contributed by atoms with Gasteiger partial charge in [-0.1, -0.05) is 276 Å². The Kier molecular flexibility index (Phi) is 50.0. The Morgan fingerprint density at radius 3 is 0.967 bits per heavy atom. The molecule has 0 aromatic heterocycles. The van der Waals surface area contributed by atoms with Crippen molar-refractivity contribution >= 4 is 5.91 Å². The maximum atomic E-state index is 12.5. The zero-order valence-electron chi connectivity index (χ0n) is 40.9. The molecule has 3 unspecified atom stereocenters. The van der Waals surface area contributed by atoms with Gasteiger partial charge in [0.25, 0.3) is 0 Å². The standard InChI is InChI=1S/C55H109NO4/c1-3-5-7-9-11-13-15-17-19-21-22-23-24-25-26-27-28-29-30-31-32-33-34-36-38-40-42-44-46-48-52(58)50-55(60)56-53(51-57)54(59)49-47-45-43-41-39-37-35-20-18-16-14-12-10-8-6-4-2/h25-26,52-54,57-59H,3-24,27-51H2,1-2H3,(H,56,60)/b26-25-. The summed E-state index contributed by atoms with van der Waals surface area (Å²) in [6, 6.07) is -0.655. The van der Waals surface area contributed by atoms with Crippen LogP contribution in [0.15, 0.2) is 12.2 Å². The highest BCUT2D eigenvalue weighted by atomic mass is 16.3. The molecule has 0 aliphatic heterocycles. The zero-order valence-corrected chi connectivity index (χ0v) is 40.9. The number of carbonyl (C=O) groups excluding carboxylic acids is 1. The van der Waals surface area contributed by atoms with E-state index in [9.17, 15) is 20.1 Å². The first-order valence-corrected chi connectivity index (χ1v) is 27.5. The molecule has 0 saturated carbocycles. The van der Waals surface area contributed by atoms with Gasteiger partial charge in [-0.25, -0.2) is 0 Å². The van der Waals surface area contributed by atoms with Gasteiger partial charge in [0.1, 0.15) is 0 Å². The molecule has 0 aromatic carbocycles. The van der Waals surface area contributed by atoms with Crippen molar-refractivity contribution in [2.75, 3.05) is 6.61 Å². The van der Waals surface area contributed by atoms with Crippen molar-refractivity contribution in [1.82, 2.24) is 5.32 Å². The van der Waals surface area contributed by atoms with Crippen molar-refractivity contribution < 1.29 is 20.1 Å². The van der Waals surface area contributed by atoms with E-state index in [1.54, 1.807) is 0 Å². The van der Waals surface area contributed by atoms with Crippen LogP contribution in [0.1, 0.15) is 309 Å². The third-order valence-corrected chi connectivity index (χ3v) is 13.1. The van der Waals surface area contributed by atoms with Gasteiger partial charge in [0.2, 0.25) is 5.91 Å². The second-order valence-electron chi connectivity index (χ2n) is 19.2. The summed E-state index contributed by atoms with van der Waals surface area (Å²) in [6.45, 7) is 4.30. The maximum absolute atomic E-state index is 12.5. The Labute approximate surface area is 376 Å². The second-order valence-corrected chi connectivity index (χ2v) is 19.2. The molecule has 0 aliphatic rings. The summed E-state index contributed by atoms with van der Waals surface area (Å²) >= 11 is 0. The van der Waals surface area contributed by atoms with Gasteiger partial charge in [-0.3, -0.25) is 4.79 Å². The number of carbonyl (C=O) groups is 1. The molecule has 0 aliphatic carbocycles. The van der Waals surface area contributed by atoms with Crippen LogP contribution in [0.5, 0.6) is 0 Å². The molecule has 0 bridgehead atoms. The molecule has 0 saturated heterocycles. The second kappa shape index (κ2) is 50.7. The minimum absolute atomic E-state index is 0.0405. The number of unbranched alkanes of at least 4 members (excludes halogenated alkanes) is 40. The number of hydrogen-bond donors (Lipinski definition) is 4. The molecule has 0 aromatic rings. The van der Waals surface area contributed by atoms with Crippen LogP contribution in [-0.2, 0) is 4.79 Å². The molecule has 5 heteroatoms. The quantitative estimate of drug-likeness (QED) is 0.0363. The van der Waals surface area contributed by atoms with Crippen molar-refractivity contribution in [1.29, 1.82) is 0 Å². The van der Waals surface area contributed by atoms with Gasteiger partial charge in [-0.2, -0.15) is 0 Å². The Morgan fingerprint density at radius 1 is 0.400 bits per heavy atom. The topological polar surface area (TPSA) is 89.8 Å². The van der Waals surface area contributed by atoms with E-state index in [1.807, 2.05) is 0 Å². The minimum atomic E-state index is -0.746. The third kappa shape index (κ3) is 46.6.